The van der Waals surface area contributed by atoms with Gasteiger partial charge in [-0.3, -0.25) is 9.36 Å². The molecule has 11 heteroatoms. The number of hydrogen-bond acceptors (Lipinski definition) is 8. The Morgan fingerprint density at radius 3 is 2.49 bits per heavy atom. The Morgan fingerprint density at radius 1 is 1.09 bits per heavy atom. The van der Waals surface area contributed by atoms with Crippen molar-refractivity contribution in [2.45, 2.75) is 46.4 Å². The first-order valence-electron chi connectivity index (χ1n) is 14.3. The minimum absolute atomic E-state index is 0.0603. The molecule has 0 bridgehead atoms. The number of ether oxygens (including phenoxy) is 4. The van der Waals surface area contributed by atoms with Gasteiger partial charge in [0.25, 0.3) is 5.56 Å². The van der Waals surface area contributed by atoms with Crippen LogP contribution in [0, 0.1) is 3.57 Å². The first-order chi connectivity index (χ1) is 21.6. The topological polar surface area (TPSA) is 88.4 Å². The highest BCUT2D eigenvalue weighted by Gasteiger charge is 2.34. The molecular weight excluding hydrogens is 771 g/mol. The molecule has 0 N–H and O–H groups in total. The predicted octanol–water partition coefficient (Wildman–Crippen LogP) is 6.54. The molecule has 0 spiro atoms. The van der Waals surface area contributed by atoms with Crippen LogP contribution in [0.3, 0.4) is 0 Å². The van der Waals surface area contributed by atoms with Crippen molar-refractivity contribution < 1.29 is 23.7 Å². The summed E-state index contributed by atoms with van der Waals surface area (Å²) < 4.78 is 27.0. The van der Waals surface area contributed by atoms with Crippen molar-refractivity contribution in [3.8, 4) is 17.2 Å². The molecule has 234 valence electrons. The number of thiazole rings is 1. The standard InChI is InChI=1S/C34H32BrIN2O6S/c1-6-42-33(40)30-20(4)37-34-38(31(30)23-10-14-27(44-19(2)3)28(17-23)41-5)32(39)29(45-34)16-22-9-13-26(25(36)15-22)43-18-21-7-11-24(35)12-8-21/h7-17,19,31H,6,18H2,1-5H3/b29-16-/t31-/m0/s1. The highest BCUT2D eigenvalue weighted by Crippen LogP contribution is 2.36. The summed E-state index contributed by atoms with van der Waals surface area (Å²) >= 11 is 6.97. The van der Waals surface area contributed by atoms with Crippen molar-refractivity contribution in [3.63, 3.8) is 0 Å². The Kier molecular flexibility index (Phi) is 10.5. The molecule has 1 aliphatic rings. The molecule has 2 heterocycles. The molecular formula is C34H32BrIN2O6S. The summed E-state index contributed by atoms with van der Waals surface area (Å²) in [6.07, 6.45) is 1.78. The normalized spacial score (nSPS) is 14.7. The van der Waals surface area contributed by atoms with Crippen molar-refractivity contribution in [1.82, 2.24) is 4.57 Å². The van der Waals surface area contributed by atoms with E-state index < -0.39 is 12.0 Å². The Morgan fingerprint density at radius 2 is 1.82 bits per heavy atom. The average molecular weight is 804 g/mol. The van der Waals surface area contributed by atoms with Crippen LogP contribution in [0.2, 0.25) is 0 Å². The number of allylic oxidation sites excluding steroid dienone is 1. The van der Waals surface area contributed by atoms with Crippen LogP contribution in [0.1, 0.15) is 50.4 Å². The van der Waals surface area contributed by atoms with Gasteiger partial charge in [0.15, 0.2) is 16.3 Å². The van der Waals surface area contributed by atoms with E-state index >= 15 is 0 Å². The van der Waals surface area contributed by atoms with Crippen molar-refractivity contribution in [1.29, 1.82) is 0 Å². The lowest BCUT2D eigenvalue weighted by Crippen LogP contribution is -2.40. The molecule has 4 aromatic rings. The molecule has 0 amide bonds. The first-order valence-corrected chi connectivity index (χ1v) is 17.0. The predicted molar refractivity (Wildman–Crippen MR) is 187 cm³/mol. The van der Waals surface area contributed by atoms with E-state index in [4.69, 9.17) is 18.9 Å². The lowest BCUT2D eigenvalue weighted by atomic mass is 9.95. The number of fused-ring (bicyclic) bond motifs is 1. The van der Waals surface area contributed by atoms with Gasteiger partial charge in [-0.2, -0.15) is 0 Å². The Balaban J connectivity index is 1.54. The minimum Gasteiger partial charge on any atom is -0.493 e. The van der Waals surface area contributed by atoms with E-state index in [1.807, 2.05) is 68.5 Å². The maximum atomic E-state index is 14.1. The molecule has 3 aromatic carbocycles. The summed E-state index contributed by atoms with van der Waals surface area (Å²) in [6.45, 7) is 8.01. The number of aromatic nitrogens is 1. The first kappa shape index (κ1) is 33.0. The van der Waals surface area contributed by atoms with Gasteiger partial charge in [-0.25, -0.2) is 9.79 Å². The number of esters is 1. The zero-order valence-electron chi connectivity index (χ0n) is 25.4. The van der Waals surface area contributed by atoms with Crippen LogP contribution in [0.5, 0.6) is 17.2 Å². The molecule has 0 saturated carbocycles. The van der Waals surface area contributed by atoms with Crippen molar-refractivity contribution in [3.05, 3.63) is 116 Å². The Labute approximate surface area is 287 Å². The number of methoxy groups -OCH3 is 1. The van der Waals surface area contributed by atoms with E-state index in [1.165, 1.54) is 11.3 Å². The molecule has 0 unspecified atom stereocenters. The van der Waals surface area contributed by atoms with Gasteiger partial charge < -0.3 is 18.9 Å². The molecule has 1 atom stereocenters. The van der Waals surface area contributed by atoms with Gasteiger partial charge in [0.2, 0.25) is 0 Å². The molecule has 1 aliphatic heterocycles. The van der Waals surface area contributed by atoms with Crippen LogP contribution in [0.15, 0.2) is 86.2 Å². The maximum Gasteiger partial charge on any atom is 0.338 e. The van der Waals surface area contributed by atoms with Gasteiger partial charge in [-0.15, -0.1) is 0 Å². The molecule has 1 aromatic heterocycles. The average Bonchev–Trinajstić information content (AvgIpc) is 3.30. The largest absolute Gasteiger partial charge is 0.493 e. The van der Waals surface area contributed by atoms with E-state index in [-0.39, 0.29) is 18.3 Å². The number of hydrogen-bond donors (Lipinski definition) is 0. The van der Waals surface area contributed by atoms with Crippen molar-refractivity contribution >= 4 is 61.9 Å². The summed E-state index contributed by atoms with van der Waals surface area (Å²) in [6, 6.07) is 18.5. The third kappa shape index (κ3) is 7.36. The summed E-state index contributed by atoms with van der Waals surface area (Å²) in [4.78, 5) is 32.5. The molecule has 0 saturated heterocycles. The zero-order valence-corrected chi connectivity index (χ0v) is 30.0. The van der Waals surface area contributed by atoms with Crippen LogP contribution in [-0.4, -0.2) is 30.4 Å². The number of benzene rings is 3. The number of rotatable bonds is 10. The molecule has 8 nitrogen and oxygen atoms in total. The lowest BCUT2D eigenvalue weighted by Gasteiger charge is -2.25. The maximum absolute atomic E-state index is 14.1. The Hall–Kier alpha value is -3.42. The van der Waals surface area contributed by atoms with Gasteiger partial charge in [-0.1, -0.05) is 51.5 Å². The summed E-state index contributed by atoms with van der Waals surface area (Å²) in [5, 5.41) is 0. The second kappa shape index (κ2) is 14.3. The van der Waals surface area contributed by atoms with Crippen LogP contribution in [0.4, 0.5) is 0 Å². The van der Waals surface area contributed by atoms with E-state index in [0.717, 1.165) is 24.9 Å². The van der Waals surface area contributed by atoms with Crippen LogP contribution >= 0.6 is 49.9 Å². The monoisotopic (exact) mass is 802 g/mol. The number of halogens is 2. The fourth-order valence-electron chi connectivity index (χ4n) is 4.93. The molecule has 0 aliphatic carbocycles. The van der Waals surface area contributed by atoms with Gasteiger partial charge in [0.1, 0.15) is 12.4 Å². The fourth-order valence-corrected chi connectivity index (χ4v) is 6.94. The molecule has 5 rings (SSSR count). The zero-order chi connectivity index (χ0) is 32.2. The smallest absolute Gasteiger partial charge is 0.338 e. The van der Waals surface area contributed by atoms with E-state index in [0.29, 0.717) is 44.3 Å². The van der Waals surface area contributed by atoms with Gasteiger partial charge in [0.05, 0.1) is 45.2 Å². The highest BCUT2D eigenvalue weighted by molar-refractivity contribution is 14.1. The summed E-state index contributed by atoms with van der Waals surface area (Å²) in [5.41, 5.74) is 3.12. The highest BCUT2D eigenvalue weighted by atomic mass is 127. The molecule has 0 radical (unpaired) electrons. The van der Waals surface area contributed by atoms with Gasteiger partial charge in [0, 0.05) is 4.47 Å². The second-order valence-electron chi connectivity index (χ2n) is 10.5. The van der Waals surface area contributed by atoms with Crippen molar-refractivity contribution in [2.24, 2.45) is 4.99 Å². The van der Waals surface area contributed by atoms with Gasteiger partial charge in [-0.05, 0) is 109 Å². The van der Waals surface area contributed by atoms with Crippen LogP contribution < -0.4 is 29.1 Å². The third-order valence-electron chi connectivity index (χ3n) is 6.94. The summed E-state index contributed by atoms with van der Waals surface area (Å²) in [5.74, 6) is 1.30. The van der Waals surface area contributed by atoms with Crippen LogP contribution in [-0.2, 0) is 16.1 Å². The molecule has 0 fully saturated rings. The van der Waals surface area contributed by atoms with E-state index in [1.54, 1.807) is 37.7 Å². The van der Waals surface area contributed by atoms with Gasteiger partial charge >= 0.3 is 5.97 Å². The van der Waals surface area contributed by atoms with Crippen LogP contribution in [0.25, 0.3) is 6.08 Å². The minimum atomic E-state index is -0.765. The fraction of sp³-hybridized carbons (Fsp3) is 0.265. The third-order valence-corrected chi connectivity index (χ3v) is 9.30. The van der Waals surface area contributed by atoms with Crippen molar-refractivity contribution in [2.75, 3.05) is 13.7 Å². The number of carbonyl (C=O) groups excluding carboxylic acids is 1. The number of nitrogens with zero attached hydrogens (tertiary/aromatic N) is 2. The lowest BCUT2D eigenvalue weighted by molar-refractivity contribution is -0.139. The number of carbonyl (C=O) groups is 1. The SMILES string of the molecule is CCOC(=O)C1=C(C)N=c2s/c(=C\c3ccc(OCc4ccc(Br)cc4)c(I)c3)c(=O)n2[C@H]1c1ccc(OC(C)C)c(OC)c1. The summed E-state index contributed by atoms with van der Waals surface area (Å²) in [7, 11) is 1.56. The van der Waals surface area contributed by atoms with E-state index in [9.17, 15) is 9.59 Å². The quantitative estimate of drug-likeness (QED) is 0.134. The molecule has 45 heavy (non-hydrogen) atoms. The van der Waals surface area contributed by atoms with E-state index in [2.05, 4.69) is 43.5 Å². The second-order valence-corrected chi connectivity index (χ2v) is 13.6. The Bertz CT molecular complexity index is 1950.